The summed E-state index contributed by atoms with van der Waals surface area (Å²) in [7, 11) is 0. The van der Waals surface area contributed by atoms with Gasteiger partial charge in [-0.25, -0.2) is 0 Å². The molecule has 0 aliphatic heterocycles. The molecule has 67 heavy (non-hydrogen) atoms. The van der Waals surface area contributed by atoms with Crippen molar-refractivity contribution in [2.24, 2.45) is 0 Å². The third-order valence-corrected chi connectivity index (χ3v) is 12.8. The van der Waals surface area contributed by atoms with Crippen LogP contribution in [0.2, 0.25) is 0 Å². The summed E-state index contributed by atoms with van der Waals surface area (Å²) >= 11 is 0. The Morgan fingerprint density at radius 2 is 0.582 bits per heavy atom. The predicted octanol–water partition coefficient (Wildman–Crippen LogP) is 19.4. The Morgan fingerprint density at radius 3 is 0.910 bits per heavy atom. The number of esters is 3. The van der Waals surface area contributed by atoms with E-state index in [1.807, 2.05) is 0 Å². The van der Waals surface area contributed by atoms with E-state index < -0.39 is 6.10 Å². The third-order valence-electron chi connectivity index (χ3n) is 12.8. The SMILES string of the molecule is CC/C=C\C/C=C\C/C=C\C/C=C\CCCCC(=O)O[C@H](COC(=O)CCCCCCCCCCCCCCCCC)COC(=O)CCCCCCCCCCCCCCCCCCCCC. The van der Waals surface area contributed by atoms with Gasteiger partial charge in [-0.2, -0.15) is 0 Å². The van der Waals surface area contributed by atoms with Gasteiger partial charge in [-0.1, -0.05) is 275 Å². The van der Waals surface area contributed by atoms with E-state index in [9.17, 15) is 14.4 Å². The molecule has 0 amide bonds. The van der Waals surface area contributed by atoms with Crippen LogP contribution in [0.15, 0.2) is 48.6 Å². The standard InChI is InChI=1S/C61H110O6/c1-4-7-10-13-16-19-22-25-28-29-30-31-34-36-39-42-45-48-51-54-60(63)66-57-58(67-61(64)55-52-49-46-43-40-37-33-27-24-21-18-15-12-9-6-3)56-65-59(62)53-50-47-44-41-38-35-32-26-23-20-17-14-11-8-5-2/h9,12,18,21,27,33,40,43,58H,4-8,10-11,13-17,19-20,22-26,28-32,34-39,41-42,44-57H2,1-3H3/b12-9-,21-18-,33-27-,43-40-/t58-/m1/s1. The number of unbranched alkanes of at least 4 members (excludes halogenated alkanes) is 34. The zero-order valence-corrected chi connectivity index (χ0v) is 44.7. The molecule has 0 aromatic carbocycles. The molecule has 0 heterocycles. The smallest absolute Gasteiger partial charge is 0.306 e. The van der Waals surface area contributed by atoms with Gasteiger partial charge in [0.1, 0.15) is 13.2 Å². The minimum atomic E-state index is -0.791. The first kappa shape index (κ1) is 64.4. The fourth-order valence-electron chi connectivity index (χ4n) is 8.49. The molecule has 0 aliphatic carbocycles. The van der Waals surface area contributed by atoms with Crippen molar-refractivity contribution < 1.29 is 28.6 Å². The molecule has 6 heteroatoms. The predicted molar refractivity (Wildman–Crippen MR) is 289 cm³/mol. The average Bonchev–Trinajstić information content (AvgIpc) is 3.33. The highest BCUT2D eigenvalue weighted by molar-refractivity contribution is 5.71. The Kier molecular flexibility index (Phi) is 53.8. The van der Waals surface area contributed by atoms with Crippen molar-refractivity contribution >= 4 is 17.9 Å². The first-order valence-corrected chi connectivity index (χ1v) is 29.1. The molecule has 1 atom stereocenters. The molecule has 0 aliphatic rings. The van der Waals surface area contributed by atoms with E-state index in [1.54, 1.807) is 0 Å². The van der Waals surface area contributed by atoms with Crippen LogP contribution in [0, 0.1) is 0 Å². The van der Waals surface area contributed by atoms with Gasteiger partial charge in [0.2, 0.25) is 0 Å². The van der Waals surface area contributed by atoms with Crippen LogP contribution < -0.4 is 0 Å². The van der Waals surface area contributed by atoms with Crippen molar-refractivity contribution in [1.82, 2.24) is 0 Å². The van der Waals surface area contributed by atoms with Crippen molar-refractivity contribution in [3.05, 3.63) is 48.6 Å². The van der Waals surface area contributed by atoms with Crippen LogP contribution >= 0.6 is 0 Å². The number of carbonyl (C=O) groups is 3. The molecule has 0 spiro atoms. The summed E-state index contributed by atoms with van der Waals surface area (Å²) in [6.07, 6.45) is 68.2. The van der Waals surface area contributed by atoms with Crippen LogP contribution in [-0.4, -0.2) is 37.2 Å². The Balaban J connectivity index is 4.36. The first-order chi connectivity index (χ1) is 33.0. The van der Waals surface area contributed by atoms with E-state index in [0.717, 1.165) is 77.0 Å². The van der Waals surface area contributed by atoms with Crippen molar-refractivity contribution in [2.45, 2.75) is 309 Å². The Labute approximate surface area is 416 Å². The normalized spacial score (nSPS) is 12.3. The molecule has 0 bridgehead atoms. The summed E-state index contributed by atoms with van der Waals surface area (Å²) < 4.78 is 16.8. The Morgan fingerprint density at radius 1 is 0.313 bits per heavy atom. The molecular formula is C61H110O6. The van der Waals surface area contributed by atoms with Crippen molar-refractivity contribution in [3.63, 3.8) is 0 Å². The fraction of sp³-hybridized carbons (Fsp3) is 0.820. The largest absolute Gasteiger partial charge is 0.462 e. The summed E-state index contributed by atoms with van der Waals surface area (Å²) in [5.74, 6) is -0.910. The van der Waals surface area contributed by atoms with E-state index in [1.165, 1.54) is 180 Å². The molecule has 0 saturated heterocycles. The molecule has 0 rings (SSSR count). The molecule has 6 nitrogen and oxygen atoms in total. The molecule has 0 aromatic heterocycles. The van der Waals surface area contributed by atoms with Crippen LogP contribution in [-0.2, 0) is 28.6 Å². The van der Waals surface area contributed by atoms with E-state index in [4.69, 9.17) is 14.2 Å². The molecule has 0 unspecified atom stereocenters. The lowest BCUT2D eigenvalue weighted by atomic mass is 10.0. The molecule has 390 valence electrons. The molecular weight excluding hydrogens is 829 g/mol. The fourth-order valence-corrected chi connectivity index (χ4v) is 8.49. The second-order valence-corrected chi connectivity index (χ2v) is 19.5. The minimum absolute atomic E-state index is 0.0854. The van der Waals surface area contributed by atoms with E-state index in [2.05, 4.69) is 69.4 Å². The molecule has 0 saturated carbocycles. The highest BCUT2D eigenvalue weighted by Crippen LogP contribution is 2.17. The van der Waals surface area contributed by atoms with Gasteiger partial charge >= 0.3 is 17.9 Å². The summed E-state index contributed by atoms with van der Waals surface area (Å²) in [5, 5.41) is 0. The van der Waals surface area contributed by atoms with Crippen LogP contribution in [0.5, 0.6) is 0 Å². The Hall–Kier alpha value is -2.63. The van der Waals surface area contributed by atoms with Crippen molar-refractivity contribution in [3.8, 4) is 0 Å². The first-order valence-electron chi connectivity index (χ1n) is 29.1. The van der Waals surface area contributed by atoms with Gasteiger partial charge in [0.05, 0.1) is 0 Å². The zero-order valence-electron chi connectivity index (χ0n) is 44.7. The second-order valence-electron chi connectivity index (χ2n) is 19.5. The maximum Gasteiger partial charge on any atom is 0.306 e. The molecule has 0 fully saturated rings. The van der Waals surface area contributed by atoms with Gasteiger partial charge in [-0.3, -0.25) is 14.4 Å². The zero-order chi connectivity index (χ0) is 48.6. The summed E-state index contributed by atoms with van der Waals surface area (Å²) in [6.45, 7) is 6.54. The number of ether oxygens (including phenoxy) is 3. The maximum atomic E-state index is 12.8. The van der Waals surface area contributed by atoms with E-state index >= 15 is 0 Å². The van der Waals surface area contributed by atoms with Gasteiger partial charge in [-0.05, 0) is 57.8 Å². The van der Waals surface area contributed by atoms with Crippen molar-refractivity contribution in [1.29, 1.82) is 0 Å². The number of hydrogen-bond donors (Lipinski definition) is 0. The quantitative estimate of drug-likeness (QED) is 0.0262. The van der Waals surface area contributed by atoms with E-state index in [-0.39, 0.29) is 37.5 Å². The number of carbonyl (C=O) groups excluding carboxylic acids is 3. The average molecular weight is 940 g/mol. The monoisotopic (exact) mass is 939 g/mol. The summed E-state index contributed by atoms with van der Waals surface area (Å²) in [5.41, 5.74) is 0. The number of allylic oxidation sites excluding steroid dienone is 8. The van der Waals surface area contributed by atoms with Gasteiger partial charge < -0.3 is 14.2 Å². The molecule has 0 N–H and O–H groups in total. The maximum absolute atomic E-state index is 12.8. The van der Waals surface area contributed by atoms with Gasteiger partial charge in [0.15, 0.2) is 6.10 Å². The Bertz CT molecular complexity index is 1170. The third kappa shape index (κ3) is 54.2. The minimum Gasteiger partial charge on any atom is -0.462 e. The summed E-state index contributed by atoms with van der Waals surface area (Å²) in [6, 6.07) is 0. The highest BCUT2D eigenvalue weighted by Gasteiger charge is 2.19. The lowest BCUT2D eigenvalue weighted by molar-refractivity contribution is -0.167. The number of hydrogen-bond acceptors (Lipinski definition) is 6. The van der Waals surface area contributed by atoms with Crippen LogP contribution in [0.3, 0.4) is 0 Å². The van der Waals surface area contributed by atoms with Gasteiger partial charge in [-0.15, -0.1) is 0 Å². The van der Waals surface area contributed by atoms with Gasteiger partial charge in [0, 0.05) is 19.3 Å². The number of rotatable bonds is 53. The second kappa shape index (κ2) is 56.0. The van der Waals surface area contributed by atoms with Gasteiger partial charge in [0.25, 0.3) is 0 Å². The molecule has 0 aromatic rings. The highest BCUT2D eigenvalue weighted by atomic mass is 16.6. The summed E-state index contributed by atoms with van der Waals surface area (Å²) in [4.78, 5) is 38.1. The van der Waals surface area contributed by atoms with Crippen LogP contribution in [0.1, 0.15) is 303 Å². The molecule has 0 radical (unpaired) electrons. The van der Waals surface area contributed by atoms with Crippen molar-refractivity contribution in [2.75, 3.05) is 13.2 Å². The van der Waals surface area contributed by atoms with Crippen LogP contribution in [0.4, 0.5) is 0 Å². The lowest BCUT2D eigenvalue weighted by Gasteiger charge is -2.18. The van der Waals surface area contributed by atoms with Crippen LogP contribution in [0.25, 0.3) is 0 Å². The lowest BCUT2D eigenvalue weighted by Crippen LogP contribution is -2.30. The van der Waals surface area contributed by atoms with E-state index in [0.29, 0.717) is 19.3 Å². The topological polar surface area (TPSA) is 78.9 Å².